The lowest BCUT2D eigenvalue weighted by molar-refractivity contribution is 0.532. The highest BCUT2D eigenvalue weighted by Gasteiger charge is 2.09. The van der Waals surface area contributed by atoms with Crippen LogP contribution in [-0.2, 0) is 6.42 Å². The van der Waals surface area contributed by atoms with Crippen molar-refractivity contribution in [3.05, 3.63) is 35.1 Å². The topological polar surface area (TPSA) is 0 Å². The lowest BCUT2D eigenvalue weighted by atomic mass is 9.94. The Bertz CT molecular complexity index is 309. The Balaban J connectivity index is 2.70. The standard InChI is InChI=1S/C13H18BrF/c1-3-4-11(9-14)8-12-5-6-13(15)7-10(12)2/h5-7,11H,3-4,8-9H2,1-2H3. The van der Waals surface area contributed by atoms with Crippen LogP contribution in [0.1, 0.15) is 30.9 Å². The summed E-state index contributed by atoms with van der Waals surface area (Å²) in [7, 11) is 0. The van der Waals surface area contributed by atoms with E-state index in [1.807, 2.05) is 13.0 Å². The summed E-state index contributed by atoms with van der Waals surface area (Å²) in [6, 6.07) is 5.09. The summed E-state index contributed by atoms with van der Waals surface area (Å²) in [6.07, 6.45) is 3.48. The third-order valence-corrected chi connectivity index (χ3v) is 3.64. The largest absolute Gasteiger partial charge is 0.207 e. The van der Waals surface area contributed by atoms with Gasteiger partial charge in [0.05, 0.1) is 0 Å². The molecule has 0 saturated carbocycles. The molecule has 0 saturated heterocycles. The summed E-state index contributed by atoms with van der Waals surface area (Å²) in [5, 5.41) is 1.03. The summed E-state index contributed by atoms with van der Waals surface area (Å²) in [4.78, 5) is 0. The first kappa shape index (κ1) is 12.7. The molecule has 0 spiro atoms. The van der Waals surface area contributed by atoms with Crippen LogP contribution in [-0.4, -0.2) is 5.33 Å². The molecule has 0 aliphatic carbocycles. The van der Waals surface area contributed by atoms with Crippen LogP contribution in [0.3, 0.4) is 0 Å². The van der Waals surface area contributed by atoms with Gasteiger partial charge in [0, 0.05) is 5.33 Å². The second-order valence-electron chi connectivity index (χ2n) is 4.08. The molecule has 0 aliphatic rings. The van der Waals surface area contributed by atoms with Crippen LogP contribution >= 0.6 is 15.9 Å². The number of benzene rings is 1. The molecule has 0 nitrogen and oxygen atoms in total. The van der Waals surface area contributed by atoms with Crippen LogP contribution in [0.15, 0.2) is 18.2 Å². The third kappa shape index (κ3) is 3.94. The molecule has 0 aliphatic heterocycles. The van der Waals surface area contributed by atoms with E-state index in [0.29, 0.717) is 5.92 Å². The number of rotatable bonds is 5. The van der Waals surface area contributed by atoms with Crippen molar-refractivity contribution >= 4 is 15.9 Å². The molecule has 84 valence electrons. The van der Waals surface area contributed by atoms with Crippen molar-refractivity contribution in [3.63, 3.8) is 0 Å². The van der Waals surface area contributed by atoms with Gasteiger partial charge in [0.1, 0.15) is 5.82 Å². The van der Waals surface area contributed by atoms with Gasteiger partial charge in [-0.15, -0.1) is 0 Å². The smallest absolute Gasteiger partial charge is 0.123 e. The zero-order chi connectivity index (χ0) is 11.3. The van der Waals surface area contributed by atoms with Crippen LogP contribution in [0.25, 0.3) is 0 Å². The molecule has 1 atom stereocenters. The van der Waals surface area contributed by atoms with Crippen LogP contribution < -0.4 is 0 Å². The zero-order valence-corrected chi connectivity index (χ0v) is 11.0. The first-order valence-corrected chi connectivity index (χ1v) is 6.60. The van der Waals surface area contributed by atoms with E-state index in [0.717, 1.165) is 17.3 Å². The maximum Gasteiger partial charge on any atom is 0.123 e. The Morgan fingerprint density at radius 3 is 2.67 bits per heavy atom. The highest BCUT2D eigenvalue weighted by Crippen LogP contribution is 2.19. The predicted octanol–water partition coefficient (Wildman–Crippen LogP) is 4.49. The maximum atomic E-state index is 12.9. The maximum absolute atomic E-state index is 12.9. The zero-order valence-electron chi connectivity index (χ0n) is 9.39. The van der Waals surface area contributed by atoms with Gasteiger partial charge < -0.3 is 0 Å². The normalized spacial score (nSPS) is 12.8. The summed E-state index contributed by atoms with van der Waals surface area (Å²) < 4.78 is 12.9. The highest BCUT2D eigenvalue weighted by atomic mass is 79.9. The molecule has 0 radical (unpaired) electrons. The molecule has 1 rings (SSSR count). The summed E-state index contributed by atoms with van der Waals surface area (Å²) in [5.74, 6) is 0.529. The van der Waals surface area contributed by atoms with Crippen molar-refractivity contribution in [2.75, 3.05) is 5.33 Å². The molecule has 1 unspecified atom stereocenters. The van der Waals surface area contributed by atoms with Crippen molar-refractivity contribution in [3.8, 4) is 0 Å². The first-order valence-electron chi connectivity index (χ1n) is 5.48. The van der Waals surface area contributed by atoms with Gasteiger partial charge in [0.2, 0.25) is 0 Å². The number of aryl methyl sites for hydroxylation is 1. The monoisotopic (exact) mass is 272 g/mol. The second kappa shape index (κ2) is 6.26. The van der Waals surface area contributed by atoms with Crippen molar-refractivity contribution < 1.29 is 4.39 Å². The predicted molar refractivity (Wildman–Crippen MR) is 67.0 cm³/mol. The molecule has 1 aromatic rings. The Hall–Kier alpha value is -0.370. The van der Waals surface area contributed by atoms with Crippen molar-refractivity contribution in [2.24, 2.45) is 5.92 Å². The molecule has 0 aromatic heterocycles. The van der Waals surface area contributed by atoms with Crippen LogP contribution in [0, 0.1) is 18.7 Å². The molecule has 0 bridgehead atoms. The Morgan fingerprint density at radius 1 is 1.40 bits per heavy atom. The van der Waals surface area contributed by atoms with Gasteiger partial charge >= 0.3 is 0 Å². The van der Waals surface area contributed by atoms with Crippen molar-refractivity contribution in [2.45, 2.75) is 33.1 Å². The molecule has 0 amide bonds. The van der Waals surface area contributed by atoms with Gasteiger partial charge in [-0.3, -0.25) is 0 Å². The fraction of sp³-hybridized carbons (Fsp3) is 0.538. The van der Waals surface area contributed by atoms with E-state index >= 15 is 0 Å². The molecule has 0 N–H and O–H groups in total. The van der Waals surface area contributed by atoms with Crippen molar-refractivity contribution in [1.82, 2.24) is 0 Å². The Labute approximate surface area is 100 Å². The average molecular weight is 273 g/mol. The van der Waals surface area contributed by atoms with E-state index in [2.05, 4.69) is 22.9 Å². The Morgan fingerprint density at radius 2 is 2.13 bits per heavy atom. The quantitative estimate of drug-likeness (QED) is 0.693. The van der Waals surface area contributed by atoms with Crippen LogP contribution in [0.4, 0.5) is 4.39 Å². The number of halogens is 2. The van der Waals surface area contributed by atoms with Gasteiger partial charge in [0.15, 0.2) is 0 Å². The van der Waals surface area contributed by atoms with E-state index in [1.54, 1.807) is 12.1 Å². The molecule has 2 heteroatoms. The summed E-state index contributed by atoms with van der Waals surface area (Å²) in [6.45, 7) is 4.18. The average Bonchev–Trinajstić information content (AvgIpc) is 2.21. The van der Waals surface area contributed by atoms with Gasteiger partial charge in [-0.25, -0.2) is 4.39 Å². The van der Waals surface area contributed by atoms with Crippen LogP contribution in [0.2, 0.25) is 0 Å². The fourth-order valence-electron chi connectivity index (χ4n) is 1.84. The number of hydrogen-bond donors (Lipinski definition) is 0. The molecular weight excluding hydrogens is 255 g/mol. The first-order chi connectivity index (χ1) is 7.17. The van der Waals surface area contributed by atoms with Gasteiger partial charge in [-0.2, -0.15) is 0 Å². The van der Waals surface area contributed by atoms with Gasteiger partial charge in [0.25, 0.3) is 0 Å². The molecular formula is C13H18BrF. The molecule has 15 heavy (non-hydrogen) atoms. The highest BCUT2D eigenvalue weighted by molar-refractivity contribution is 9.09. The van der Waals surface area contributed by atoms with E-state index in [4.69, 9.17) is 0 Å². The lowest BCUT2D eigenvalue weighted by Crippen LogP contribution is -2.07. The fourth-order valence-corrected chi connectivity index (χ4v) is 2.39. The molecule has 1 aromatic carbocycles. The van der Waals surface area contributed by atoms with Crippen molar-refractivity contribution in [1.29, 1.82) is 0 Å². The van der Waals surface area contributed by atoms with Crippen LogP contribution in [0.5, 0.6) is 0 Å². The Kier molecular flexibility index (Phi) is 5.30. The van der Waals surface area contributed by atoms with E-state index in [-0.39, 0.29) is 5.82 Å². The SMILES string of the molecule is CCCC(CBr)Cc1ccc(F)cc1C. The second-order valence-corrected chi connectivity index (χ2v) is 4.73. The summed E-state index contributed by atoms with van der Waals surface area (Å²) >= 11 is 3.54. The van der Waals surface area contributed by atoms with Gasteiger partial charge in [-0.05, 0) is 48.9 Å². The third-order valence-electron chi connectivity index (χ3n) is 2.73. The minimum absolute atomic E-state index is 0.137. The minimum Gasteiger partial charge on any atom is -0.207 e. The molecule has 0 heterocycles. The minimum atomic E-state index is -0.137. The number of alkyl halides is 1. The van der Waals surface area contributed by atoms with Gasteiger partial charge in [-0.1, -0.05) is 35.3 Å². The molecule has 0 fully saturated rings. The summed E-state index contributed by atoms with van der Waals surface area (Å²) in [5.41, 5.74) is 2.34. The van der Waals surface area contributed by atoms with E-state index < -0.39 is 0 Å². The number of hydrogen-bond acceptors (Lipinski definition) is 0. The van der Waals surface area contributed by atoms with E-state index in [9.17, 15) is 4.39 Å². The lowest BCUT2D eigenvalue weighted by Gasteiger charge is -2.14. The van der Waals surface area contributed by atoms with E-state index in [1.165, 1.54) is 18.4 Å².